The Labute approximate surface area is 124 Å². The van der Waals surface area contributed by atoms with Gasteiger partial charge in [0.05, 0.1) is 6.61 Å². The maximum absolute atomic E-state index is 11.4. The lowest BCUT2D eigenvalue weighted by molar-refractivity contribution is 0.0498. The zero-order chi connectivity index (χ0) is 15.2. The van der Waals surface area contributed by atoms with E-state index in [0.717, 1.165) is 29.0 Å². The molecule has 21 heavy (non-hydrogen) atoms. The summed E-state index contributed by atoms with van der Waals surface area (Å²) in [7, 11) is 1.57. The number of methoxy groups -OCH3 is 1. The molecule has 2 aromatic carbocycles. The summed E-state index contributed by atoms with van der Waals surface area (Å²) in [4.78, 5) is 11.4. The van der Waals surface area contributed by atoms with Crippen molar-refractivity contribution in [3.8, 4) is 11.5 Å². The molecule has 2 aromatic rings. The molecule has 0 aliphatic rings. The smallest absolute Gasteiger partial charge is 0.188 e. The molecule has 0 saturated heterocycles. The van der Waals surface area contributed by atoms with Gasteiger partial charge >= 0.3 is 0 Å². The lowest BCUT2D eigenvalue weighted by Gasteiger charge is -2.17. The van der Waals surface area contributed by atoms with Crippen LogP contribution in [0.5, 0.6) is 11.5 Å². The summed E-state index contributed by atoms with van der Waals surface area (Å²) in [5, 5.41) is 1.80. The van der Waals surface area contributed by atoms with Crippen molar-refractivity contribution in [1.29, 1.82) is 0 Å². The Morgan fingerprint density at radius 1 is 1.19 bits per heavy atom. The molecule has 0 N–H and O–H groups in total. The quantitative estimate of drug-likeness (QED) is 0.577. The van der Waals surface area contributed by atoms with Gasteiger partial charge in [-0.05, 0) is 30.4 Å². The van der Waals surface area contributed by atoms with Crippen LogP contribution in [-0.4, -0.2) is 26.8 Å². The van der Waals surface area contributed by atoms with E-state index in [1.807, 2.05) is 25.1 Å². The first kappa shape index (κ1) is 15.3. The van der Waals surface area contributed by atoms with E-state index in [1.54, 1.807) is 13.2 Å². The Bertz CT molecular complexity index is 634. The first-order valence-corrected chi connectivity index (χ1v) is 7.05. The van der Waals surface area contributed by atoms with E-state index in [2.05, 4.69) is 6.92 Å². The van der Waals surface area contributed by atoms with E-state index in [9.17, 15) is 4.79 Å². The number of hydrogen-bond donors (Lipinski definition) is 0. The van der Waals surface area contributed by atoms with E-state index in [1.165, 1.54) is 0 Å². The van der Waals surface area contributed by atoms with Crippen LogP contribution in [0, 0.1) is 0 Å². The Kier molecular flexibility index (Phi) is 5.17. The normalized spacial score (nSPS) is 10.6. The summed E-state index contributed by atoms with van der Waals surface area (Å²) in [5.41, 5.74) is 1.72. The van der Waals surface area contributed by atoms with Gasteiger partial charge in [0.15, 0.2) is 24.6 Å². The Morgan fingerprint density at radius 3 is 2.62 bits per heavy atom. The van der Waals surface area contributed by atoms with Gasteiger partial charge in [-0.2, -0.15) is 0 Å². The van der Waals surface area contributed by atoms with Gasteiger partial charge in [0, 0.05) is 18.1 Å². The highest BCUT2D eigenvalue weighted by molar-refractivity contribution is 6.04. The minimum atomic E-state index is 0.133. The minimum Gasteiger partial charge on any atom is -0.490 e. The molecule has 4 heteroatoms. The lowest BCUT2D eigenvalue weighted by Crippen LogP contribution is -2.05. The van der Waals surface area contributed by atoms with Gasteiger partial charge in [0.2, 0.25) is 0 Å². The van der Waals surface area contributed by atoms with Gasteiger partial charge in [-0.3, -0.25) is 4.79 Å². The molecule has 0 aromatic heterocycles. The predicted molar refractivity (Wildman–Crippen MR) is 82.4 cm³/mol. The highest BCUT2D eigenvalue weighted by atomic mass is 16.7. The summed E-state index contributed by atoms with van der Waals surface area (Å²) in [6.07, 6.45) is 1.69. The molecular weight excluding hydrogens is 268 g/mol. The minimum absolute atomic E-state index is 0.133. The highest BCUT2D eigenvalue weighted by Gasteiger charge is 2.16. The first-order chi connectivity index (χ1) is 10.3. The van der Waals surface area contributed by atoms with E-state index in [4.69, 9.17) is 14.2 Å². The molecule has 112 valence electrons. The van der Waals surface area contributed by atoms with Gasteiger partial charge < -0.3 is 14.2 Å². The summed E-state index contributed by atoms with van der Waals surface area (Å²) >= 11 is 0. The predicted octanol–water partition coefficient (Wildman–Crippen LogP) is 3.60. The molecule has 0 bridgehead atoms. The zero-order valence-electron chi connectivity index (χ0n) is 12.6. The number of hydrogen-bond acceptors (Lipinski definition) is 4. The molecule has 0 aliphatic carbocycles. The second-order valence-electron chi connectivity index (χ2n) is 4.59. The summed E-state index contributed by atoms with van der Waals surface area (Å²) in [6, 6.07) is 7.64. The summed E-state index contributed by atoms with van der Waals surface area (Å²) in [6.45, 7) is 4.61. The van der Waals surface area contributed by atoms with Crippen LogP contribution < -0.4 is 9.47 Å². The fourth-order valence-corrected chi connectivity index (χ4v) is 2.43. The van der Waals surface area contributed by atoms with Crippen molar-refractivity contribution in [2.24, 2.45) is 0 Å². The Balaban J connectivity index is 2.78. The van der Waals surface area contributed by atoms with E-state index >= 15 is 0 Å². The number of ether oxygens (including phenoxy) is 3. The second-order valence-corrected chi connectivity index (χ2v) is 4.59. The van der Waals surface area contributed by atoms with Crippen LogP contribution in [0.15, 0.2) is 24.3 Å². The molecule has 0 radical (unpaired) electrons. The van der Waals surface area contributed by atoms with Gasteiger partial charge in [0.25, 0.3) is 0 Å². The topological polar surface area (TPSA) is 44.8 Å². The standard InChI is InChI=1S/C17H20O4/c1-4-12-7-6-8-14-13(10-18)9-15(20-5-2)17(16(12)14)21-11-19-3/h6-10H,4-5,11H2,1-3H3. The average molecular weight is 288 g/mol. The molecule has 4 nitrogen and oxygen atoms in total. The SMILES string of the molecule is CCOc1cc(C=O)c2cccc(CC)c2c1OCOC. The fourth-order valence-electron chi connectivity index (χ4n) is 2.43. The van der Waals surface area contributed by atoms with Gasteiger partial charge in [-0.25, -0.2) is 0 Å². The van der Waals surface area contributed by atoms with Gasteiger partial charge in [-0.15, -0.1) is 0 Å². The number of carbonyl (C=O) groups excluding carboxylic acids is 1. The Morgan fingerprint density at radius 2 is 2.00 bits per heavy atom. The van der Waals surface area contributed by atoms with Crippen LogP contribution in [-0.2, 0) is 11.2 Å². The number of benzene rings is 2. The molecular formula is C17H20O4. The lowest BCUT2D eigenvalue weighted by atomic mass is 9.97. The number of aldehydes is 1. The van der Waals surface area contributed by atoms with Crippen LogP contribution in [0.25, 0.3) is 10.8 Å². The molecule has 0 saturated carbocycles. The zero-order valence-corrected chi connectivity index (χ0v) is 12.6. The van der Waals surface area contributed by atoms with Crippen molar-refractivity contribution in [2.45, 2.75) is 20.3 Å². The van der Waals surface area contributed by atoms with Crippen LogP contribution in [0.3, 0.4) is 0 Å². The summed E-state index contributed by atoms with van der Waals surface area (Å²) < 4.78 is 16.4. The Hall–Kier alpha value is -2.07. The largest absolute Gasteiger partial charge is 0.490 e. The van der Waals surface area contributed by atoms with Gasteiger partial charge in [-0.1, -0.05) is 25.1 Å². The number of carbonyl (C=O) groups is 1. The van der Waals surface area contributed by atoms with Crippen molar-refractivity contribution in [3.05, 3.63) is 35.4 Å². The number of rotatable bonds is 7. The molecule has 0 atom stereocenters. The maximum Gasteiger partial charge on any atom is 0.188 e. The highest BCUT2D eigenvalue weighted by Crippen LogP contribution is 2.40. The fraction of sp³-hybridized carbons (Fsp3) is 0.353. The van der Waals surface area contributed by atoms with Crippen molar-refractivity contribution in [2.75, 3.05) is 20.5 Å². The van der Waals surface area contributed by atoms with Crippen LogP contribution in [0.4, 0.5) is 0 Å². The van der Waals surface area contributed by atoms with Crippen LogP contribution in [0.1, 0.15) is 29.8 Å². The van der Waals surface area contributed by atoms with Crippen molar-refractivity contribution >= 4 is 17.1 Å². The van der Waals surface area contributed by atoms with Crippen molar-refractivity contribution in [3.63, 3.8) is 0 Å². The number of aryl methyl sites for hydroxylation is 1. The third kappa shape index (κ3) is 3.00. The van der Waals surface area contributed by atoms with E-state index in [0.29, 0.717) is 23.7 Å². The van der Waals surface area contributed by atoms with Crippen molar-refractivity contribution in [1.82, 2.24) is 0 Å². The molecule has 0 aliphatic heterocycles. The van der Waals surface area contributed by atoms with Crippen LogP contribution in [0.2, 0.25) is 0 Å². The van der Waals surface area contributed by atoms with Crippen LogP contribution >= 0.6 is 0 Å². The summed E-state index contributed by atoms with van der Waals surface area (Å²) in [5.74, 6) is 1.21. The number of fused-ring (bicyclic) bond motifs is 1. The maximum atomic E-state index is 11.4. The molecule has 2 rings (SSSR count). The molecule has 0 amide bonds. The first-order valence-electron chi connectivity index (χ1n) is 7.05. The monoisotopic (exact) mass is 288 g/mol. The molecule has 0 spiro atoms. The third-order valence-electron chi connectivity index (χ3n) is 3.33. The average Bonchev–Trinajstić information content (AvgIpc) is 2.52. The third-order valence-corrected chi connectivity index (χ3v) is 3.33. The van der Waals surface area contributed by atoms with E-state index < -0.39 is 0 Å². The molecule has 0 fully saturated rings. The van der Waals surface area contributed by atoms with Crippen molar-refractivity contribution < 1.29 is 19.0 Å². The van der Waals surface area contributed by atoms with E-state index in [-0.39, 0.29) is 6.79 Å². The van der Waals surface area contributed by atoms with Gasteiger partial charge in [0.1, 0.15) is 0 Å². The molecule has 0 unspecified atom stereocenters. The molecule has 0 heterocycles. The second kappa shape index (κ2) is 7.09.